The van der Waals surface area contributed by atoms with Gasteiger partial charge in [0.25, 0.3) is 0 Å². The van der Waals surface area contributed by atoms with E-state index in [0.29, 0.717) is 5.69 Å². The number of likely N-dealkylation sites (N-methyl/N-ethyl adjacent to an activating group) is 1. The van der Waals surface area contributed by atoms with Crippen LogP contribution in [0.4, 0.5) is 5.69 Å². The van der Waals surface area contributed by atoms with Gasteiger partial charge in [-0.25, -0.2) is 8.42 Å². The zero-order valence-electron chi connectivity index (χ0n) is 18.1. The number of hydrogen-bond acceptors (Lipinski definition) is 3. The fourth-order valence-corrected chi connectivity index (χ4v) is 3.78. The number of sulfonamides is 1. The van der Waals surface area contributed by atoms with Crippen LogP contribution >= 0.6 is 0 Å². The van der Waals surface area contributed by atoms with Crippen LogP contribution in [-0.2, 0) is 16.4 Å². The minimum absolute atomic E-state index is 0.609. The molecule has 1 aromatic carbocycles. The Kier molecular flexibility index (Phi) is 12.9. The van der Waals surface area contributed by atoms with Gasteiger partial charge in [-0.2, -0.15) is 0 Å². The van der Waals surface area contributed by atoms with Crippen LogP contribution in [0.15, 0.2) is 36.4 Å². The highest BCUT2D eigenvalue weighted by Gasteiger charge is 2.02. The summed E-state index contributed by atoms with van der Waals surface area (Å²) in [5.74, 6) is 0. The van der Waals surface area contributed by atoms with Crippen molar-refractivity contribution >= 4 is 15.7 Å². The summed E-state index contributed by atoms with van der Waals surface area (Å²) < 4.78 is 24.9. The van der Waals surface area contributed by atoms with Crippen molar-refractivity contribution in [2.45, 2.75) is 71.6 Å². The lowest BCUT2D eigenvalue weighted by Crippen LogP contribution is -2.24. The van der Waals surface area contributed by atoms with Gasteiger partial charge in [-0.05, 0) is 43.6 Å². The molecule has 0 atom stereocenters. The molecule has 0 unspecified atom stereocenters. The molecule has 160 valence electrons. The summed E-state index contributed by atoms with van der Waals surface area (Å²) in [4.78, 5) is 2.49. The van der Waals surface area contributed by atoms with Gasteiger partial charge in [0.15, 0.2) is 0 Å². The standard InChI is InChI=1S/C23H40N2O2S/c1-4-6-7-8-9-10-11-13-20-25(5-2)21-14-12-15-22-16-18-23(19-17-22)24-28(3,26)27/h12,14,16-19,24H,4-11,13,15,20-21H2,1-3H3/b14-12+. The monoisotopic (exact) mass is 408 g/mol. The van der Waals surface area contributed by atoms with Gasteiger partial charge in [-0.15, -0.1) is 0 Å². The van der Waals surface area contributed by atoms with Crippen LogP contribution in [0.5, 0.6) is 0 Å². The second kappa shape index (κ2) is 14.6. The average molecular weight is 409 g/mol. The molecule has 0 heterocycles. The predicted octanol–water partition coefficient (Wildman–Crippen LogP) is 5.62. The number of nitrogens with zero attached hydrogens (tertiary/aromatic N) is 1. The minimum atomic E-state index is -3.21. The zero-order valence-corrected chi connectivity index (χ0v) is 18.9. The molecule has 0 bridgehead atoms. The highest BCUT2D eigenvalue weighted by atomic mass is 32.2. The largest absolute Gasteiger partial charge is 0.300 e. The second-order valence-corrected chi connectivity index (χ2v) is 9.36. The van der Waals surface area contributed by atoms with E-state index in [2.05, 4.69) is 35.6 Å². The first-order chi connectivity index (χ1) is 13.4. The Labute approximate surface area is 173 Å². The summed E-state index contributed by atoms with van der Waals surface area (Å²) >= 11 is 0. The number of hydrogen-bond donors (Lipinski definition) is 1. The molecule has 28 heavy (non-hydrogen) atoms. The van der Waals surface area contributed by atoms with Crippen molar-refractivity contribution in [2.24, 2.45) is 0 Å². The summed E-state index contributed by atoms with van der Waals surface area (Å²) in [6.45, 7) is 7.77. The molecular formula is C23H40N2O2S. The van der Waals surface area contributed by atoms with Crippen molar-refractivity contribution in [1.29, 1.82) is 0 Å². The van der Waals surface area contributed by atoms with Crippen LogP contribution in [-0.4, -0.2) is 39.2 Å². The molecule has 0 aliphatic carbocycles. The fraction of sp³-hybridized carbons (Fsp3) is 0.652. The highest BCUT2D eigenvalue weighted by Crippen LogP contribution is 2.12. The molecule has 0 aliphatic heterocycles. The van der Waals surface area contributed by atoms with Crippen LogP contribution < -0.4 is 4.72 Å². The molecule has 0 saturated heterocycles. The van der Waals surface area contributed by atoms with E-state index in [4.69, 9.17) is 0 Å². The molecular weight excluding hydrogens is 368 g/mol. The van der Waals surface area contributed by atoms with Crippen molar-refractivity contribution in [1.82, 2.24) is 4.90 Å². The number of unbranched alkanes of at least 4 members (excludes halogenated alkanes) is 7. The van der Waals surface area contributed by atoms with E-state index in [0.717, 1.165) is 25.8 Å². The Morgan fingerprint density at radius 3 is 2.07 bits per heavy atom. The third kappa shape index (κ3) is 12.9. The van der Waals surface area contributed by atoms with E-state index in [1.165, 1.54) is 63.5 Å². The van der Waals surface area contributed by atoms with Crippen molar-refractivity contribution in [3.8, 4) is 0 Å². The van der Waals surface area contributed by atoms with Crippen LogP contribution in [0.3, 0.4) is 0 Å². The van der Waals surface area contributed by atoms with E-state index in [1.807, 2.05) is 24.3 Å². The lowest BCUT2D eigenvalue weighted by molar-refractivity contribution is 0.309. The molecule has 0 saturated carbocycles. The summed E-state index contributed by atoms with van der Waals surface area (Å²) in [5, 5.41) is 0. The molecule has 0 spiro atoms. The lowest BCUT2D eigenvalue weighted by atomic mass is 10.1. The molecule has 5 heteroatoms. The van der Waals surface area contributed by atoms with Crippen molar-refractivity contribution < 1.29 is 8.42 Å². The third-order valence-corrected chi connectivity index (χ3v) is 5.52. The van der Waals surface area contributed by atoms with Gasteiger partial charge < -0.3 is 0 Å². The molecule has 1 rings (SSSR count). The van der Waals surface area contributed by atoms with Gasteiger partial charge in [-0.1, -0.05) is 83.1 Å². The van der Waals surface area contributed by atoms with Crippen molar-refractivity contribution in [2.75, 3.05) is 30.6 Å². The minimum Gasteiger partial charge on any atom is -0.300 e. The maximum atomic E-state index is 11.2. The first-order valence-corrected chi connectivity index (χ1v) is 12.8. The number of nitrogens with one attached hydrogen (secondary N) is 1. The first-order valence-electron chi connectivity index (χ1n) is 10.9. The Hall–Kier alpha value is -1.33. The number of rotatable bonds is 16. The predicted molar refractivity (Wildman–Crippen MR) is 122 cm³/mol. The van der Waals surface area contributed by atoms with Gasteiger partial charge in [0.1, 0.15) is 0 Å². The van der Waals surface area contributed by atoms with Crippen molar-refractivity contribution in [3.63, 3.8) is 0 Å². The molecule has 0 fully saturated rings. The van der Waals surface area contributed by atoms with Crippen LogP contribution in [0.25, 0.3) is 0 Å². The zero-order chi connectivity index (χ0) is 20.7. The molecule has 1 N–H and O–H groups in total. The average Bonchev–Trinajstić information content (AvgIpc) is 2.65. The van der Waals surface area contributed by atoms with Crippen LogP contribution in [0.2, 0.25) is 0 Å². The van der Waals surface area contributed by atoms with Crippen molar-refractivity contribution in [3.05, 3.63) is 42.0 Å². The molecule has 0 radical (unpaired) electrons. The van der Waals surface area contributed by atoms with E-state index in [9.17, 15) is 8.42 Å². The summed E-state index contributed by atoms with van der Waals surface area (Å²) in [5.41, 5.74) is 1.79. The molecule has 1 aromatic rings. The van der Waals surface area contributed by atoms with E-state index >= 15 is 0 Å². The maximum Gasteiger partial charge on any atom is 0.229 e. The highest BCUT2D eigenvalue weighted by molar-refractivity contribution is 7.92. The summed E-state index contributed by atoms with van der Waals surface area (Å²) in [6, 6.07) is 7.56. The van der Waals surface area contributed by atoms with Crippen LogP contribution in [0, 0.1) is 0 Å². The Morgan fingerprint density at radius 2 is 1.50 bits per heavy atom. The second-order valence-electron chi connectivity index (χ2n) is 7.61. The van der Waals surface area contributed by atoms with Gasteiger partial charge in [-0.3, -0.25) is 9.62 Å². The Bertz CT molecular complexity index is 639. The quantitative estimate of drug-likeness (QED) is 0.285. The molecule has 4 nitrogen and oxygen atoms in total. The van der Waals surface area contributed by atoms with Gasteiger partial charge in [0, 0.05) is 12.2 Å². The SMILES string of the molecule is CCCCCCCCCCN(CC)C/C=C/Cc1ccc(NS(C)(=O)=O)cc1. The summed E-state index contributed by atoms with van der Waals surface area (Å²) in [6.07, 6.45) is 17.4. The molecule has 0 aliphatic rings. The number of anilines is 1. The van der Waals surface area contributed by atoms with Gasteiger partial charge >= 0.3 is 0 Å². The van der Waals surface area contributed by atoms with E-state index in [-0.39, 0.29) is 0 Å². The van der Waals surface area contributed by atoms with Gasteiger partial charge in [0.05, 0.1) is 6.26 Å². The van der Waals surface area contributed by atoms with E-state index < -0.39 is 10.0 Å². The molecule has 0 amide bonds. The van der Waals surface area contributed by atoms with E-state index in [1.54, 1.807) is 0 Å². The Balaban J connectivity index is 2.20. The number of benzene rings is 1. The fourth-order valence-electron chi connectivity index (χ4n) is 3.21. The third-order valence-electron chi connectivity index (χ3n) is 4.92. The maximum absolute atomic E-state index is 11.2. The summed E-state index contributed by atoms with van der Waals surface area (Å²) in [7, 11) is -3.21. The lowest BCUT2D eigenvalue weighted by Gasteiger charge is -2.18. The Morgan fingerprint density at radius 1 is 0.893 bits per heavy atom. The smallest absolute Gasteiger partial charge is 0.229 e. The normalized spacial score (nSPS) is 12.1. The molecule has 0 aromatic heterocycles. The number of allylic oxidation sites excluding steroid dienone is 1. The van der Waals surface area contributed by atoms with Crippen LogP contribution in [0.1, 0.15) is 70.8 Å². The first kappa shape index (κ1) is 24.7. The topological polar surface area (TPSA) is 49.4 Å². The van der Waals surface area contributed by atoms with Gasteiger partial charge in [0.2, 0.25) is 10.0 Å².